The topological polar surface area (TPSA) is 121 Å². The fraction of sp³-hybridized carbons (Fsp3) is 0.0625. The summed E-state index contributed by atoms with van der Waals surface area (Å²) in [6, 6.07) is 12.0. The molecule has 2 aromatic carbocycles. The van der Waals surface area contributed by atoms with Crippen LogP contribution in [0.4, 0.5) is 5.69 Å². The zero-order chi connectivity index (χ0) is 18.7. The molecule has 0 atom stereocenters. The number of benzene rings is 2. The highest BCUT2D eigenvalue weighted by molar-refractivity contribution is 7.87. The molecule has 0 unspecified atom stereocenters. The molecule has 1 aromatic heterocycles. The molecule has 0 saturated heterocycles. The molecule has 0 bridgehead atoms. The van der Waals surface area contributed by atoms with Crippen LogP contribution >= 0.6 is 11.6 Å². The van der Waals surface area contributed by atoms with E-state index in [0.717, 1.165) is 5.56 Å². The lowest BCUT2D eigenvalue weighted by Crippen LogP contribution is -2.10. The van der Waals surface area contributed by atoms with Crippen molar-refractivity contribution in [1.29, 1.82) is 5.26 Å². The Labute approximate surface area is 154 Å². The molecular weight excluding hydrogens is 378 g/mol. The van der Waals surface area contributed by atoms with Crippen LogP contribution in [0.25, 0.3) is 11.1 Å². The van der Waals surface area contributed by atoms with Gasteiger partial charge in [0, 0.05) is 0 Å². The summed E-state index contributed by atoms with van der Waals surface area (Å²) in [6.45, 7) is 0.481. The van der Waals surface area contributed by atoms with Crippen LogP contribution in [0.5, 0.6) is 0 Å². The van der Waals surface area contributed by atoms with E-state index in [1.165, 1.54) is 18.5 Å². The molecule has 0 aliphatic carbocycles. The Morgan fingerprint density at radius 3 is 2.69 bits per heavy atom. The molecule has 1 heterocycles. The van der Waals surface area contributed by atoms with Crippen molar-refractivity contribution >= 4 is 27.6 Å². The average molecular weight is 390 g/mol. The van der Waals surface area contributed by atoms with E-state index >= 15 is 0 Å². The van der Waals surface area contributed by atoms with Crippen molar-refractivity contribution < 1.29 is 13.0 Å². The van der Waals surface area contributed by atoms with Crippen LogP contribution in [-0.4, -0.2) is 27.7 Å². The molecule has 2 N–H and O–H groups in total. The van der Waals surface area contributed by atoms with Gasteiger partial charge in [-0.1, -0.05) is 23.7 Å². The molecule has 0 aliphatic heterocycles. The fourth-order valence-electron chi connectivity index (χ4n) is 2.43. The van der Waals surface area contributed by atoms with Gasteiger partial charge < -0.3 is 0 Å². The third-order valence-electron chi connectivity index (χ3n) is 3.53. The maximum atomic E-state index is 10.9. The number of nitrogens with zero attached hydrogens (tertiary/aromatic N) is 4. The van der Waals surface area contributed by atoms with Crippen LogP contribution in [0.2, 0.25) is 5.02 Å². The van der Waals surface area contributed by atoms with Crippen molar-refractivity contribution in [1.82, 2.24) is 14.8 Å². The Bertz CT molecular complexity index is 1090. The van der Waals surface area contributed by atoms with Gasteiger partial charge >= 0.3 is 10.3 Å². The summed E-state index contributed by atoms with van der Waals surface area (Å²) in [5.74, 6) is 0. The minimum absolute atomic E-state index is 0.0372. The highest BCUT2D eigenvalue weighted by Gasteiger charge is 2.12. The molecule has 0 aliphatic rings. The van der Waals surface area contributed by atoms with Crippen LogP contribution in [0.15, 0.2) is 49.1 Å². The minimum atomic E-state index is -4.43. The third-order valence-corrected chi connectivity index (χ3v) is 4.33. The zero-order valence-corrected chi connectivity index (χ0v) is 14.7. The Balaban J connectivity index is 1.99. The SMILES string of the molecule is N#Cc1ccc(Cn2cncn2)cc1-c1ccc(NS(=O)(=O)O)c(Cl)c1. The van der Waals surface area contributed by atoms with Gasteiger partial charge in [-0.15, -0.1) is 0 Å². The van der Waals surface area contributed by atoms with Crippen molar-refractivity contribution in [3.8, 4) is 17.2 Å². The molecular formula is C16H12ClN5O3S. The number of nitrogens with one attached hydrogen (secondary N) is 1. The monoisotopic (exact) mass is 389 g/mol. The van der Waals surface area contributed by atoms with Gasteiger partial charge in [0.1, 0.15) is 12.7 Å². The molecule has 10 heteroatoms. The van der Waals surface area contributed by atoms with Gasteiger partial charge in [-0.3, -0.25) is 9.27 Å². The number of halogens is 1. The summed E-state index contributed by atoms with van der Waals surface area (Å²) < 4.78 is 34.3. The lowest BCUT2D eigenvalue weighted by Gasteiger charge is -2.11. The molecule has 3 aromatic rings. The summed E-state index contributed by atoms with van der Waals surface area (Å²) in [4.78, 5) is 3.89. The number of nitriles is 1. The summed E-state index contributed by atoms with van der Waals surface area (Å²) in [7, 11) is -4.43. The molecule has 132 valence electrons. The second kappa shape index (κ2) is 7.13. The van der Waals surface area contributed by atoms with E-state index in [4.69, 9.17) is 16.2 Å². The van der Waals surface area contributed by atoms with Gasteiger partial charge in [-0.25, -0.2) is 9.67 Å². The number of anilines is 1. The maximum Gasteiger partial charge on any atom is 0.357 e. The van der Waals surface area contributed by atoms with Crippen LogP contribution < -0.4 is 4.72 Å². The first kappa shape index (κ1) is 17.9. The lowest BCUT2D eigenvalue weighted by molar-refractivity contribution is 0.489. The Morgan fingerprint density at radius 2 is 2.08 bits per heavy atom. The second-order valence-corrected chi connectivity index (χ2v) is 6.92. The van der Waals surface area contributed by atoms with Crippen LogP contribution in [0, 0.1) is 11.3 Å². The Morgan fingerprint density at radius 1 is 1.27 bits per heavy atom. The summed E-state index contributed by atoms with van der Waals surface area (Å²) >= 11 is 6.09. The molecule has 0 amide bonds. The van der Waals surface area contributed by atoms with Crippen molar-refractivity contribution in [2.45, 2.75) is 6.54 Å². The van der Waals surface area contributed by atoms with Crippen LogP contribution in [0.3, 0.4) is 0 Å². The van der Waals surface area contributed by atoms with Gasteiger partial charge in [0.05, 0.1) is 28.9 Å². The average Bonchev–Trinajstić information content (AvgIpc) is 3.08. The molecule has 26 heavy (non-hydrogen) atoms. The van der Waals surface area contributed by atoms with E-state index in [0.29, 0.717) is 23.2 Å². The van der Waals surface area contributed by atoms with Gasteiger partial charge in [-0.05, 0) is 41.0 Å². The summed E-state index contributed by atoms with van der Waals surface area (Å²) in [5, 5.41) is 13.5. The van der Waals surface area contributed by atoms with Crippen molar-refractivity contribution in [2.24, 2.45) is 0 Å². The van der Waals surface area contributed by atoms with E-state index in [1.807, 2.05) is 16.9 Å². The van der Waals surface area contributed by atoms with Crippen LogP contribution in [-0.2, 0) is 16.8 Å². The molecule has 3 rings (SSSR count). The highest BCUT2D eigenvalue weighted by Crippen LogP contribution is 2.31. The number of aromatic nitrogens is 3. The van der Waals surface area contributed by atoms with E-state index in [1.54, 1.807) is 23.1 Å². The second-order valence-electron chi connectivity index (χ2n) is 5.36. The highest BCUT2D eigenvalue weighted by atomic mass is 35.5. The number of hydrogen-bond donors (Lipinski definition) is 2. The van der Waals surface area contributed by atoms with Gasteiger partial charge in [0.2, 0.25) is 0 Å². The van der Waals surface area contributed by atoms with E-state index in [-0.39, 0.29) is 10.7 Å². The van der Waals surface area contributed by atoms with Gasteiger partial charge in [0.15, 0.2) is 0 Å². The predicted molar refractivity (Wildman–Crippen MR) is 95.9 cm³/mol. The third kappa shape index (κ3) is 4.18. The van der Waals surface area contributed by atoms with Gasteiger partial charge in [-0.2, -0.15) is 18.8 Å². The zero-order valence-electron chi connectivity index (χ0n) is 13.2. The maximum absolute atomic E-state index is 10.9. The van der Waals surface area contributed by atoms with Crippen molar-refractivity contribution in [2.75, 3.05) is 4.72 Å². The number of hydrogen-bond acceptors (Lipinski definition) is 5. The standard InChI is InChI=1S/C16H12ClN5O3S/c17-15-6-12(3-4-16(15)21-26(23,24)25)14-5-11(1-2-13(14)7-18)8-22-10-19-9-20-22/h1-6,9-10,21H,8H2,(H,23,24,25). The molecule has 0 radical (unpaired) electrons. The first-order valence-electron chi connectivity index (χ1n) is 7.26. The van der Waals surface area contributed by atoms with Crippen LogP contribution in [0.1, 0.15) is 11.1 Å². The Kier molecular flexibility index (Phi) is 4.90. The van der Waals surface area contributed by atoms with E-state index in [2.05, 4.69) is 16.2 Å². The van der Waals surface area contributed by atoms with Crippen molar-refractivity contribution in [3.05, 3.63) is 65.2 Å². The quantitative estimate of drug-likeness (QED) is 0.647. The van der Waals surface area contributed by atoms with E-state index < -0.39 is 10.3 Å². The minimum Gasteiger partial charge on any atom is -0.269 e. The fourth-order valence-corrected chi connectivity index (χ4v) is 3.17. The lowest BCUT2D eigenvalue weighted by atomic mass is 9.97. The molecule has 0 saturated carbocycles. The van der Waals surface area contributed by atoms with Crippen molar-refractivity contribution in [3.63, 3.8) is 0 Å². The van der Waals surface area contributed by atoms with E-state index in [9.17, 15) is 13.7 Å². The first-order valence-corrected chi connectivity index (χ1v) is 9.08. The van der Waals surface area contributed by atoms with Gasteiger partial charge in [0.25, 0.3) is 0 Å². The molecule has 0 spiro atoms. The summed E-state index contributed by atoms with van der Waals surface area (Å²) in [6.07, 6.45) is 3.02. The normalized spacial score (nSPS) is 11.1. The Hall–Kier alpha value is -2.93. The smallest absolute Gasteiger partial charge is 0.269 e. The molecule has 0 fully saturated rings. The predicted octanol–water partition coefficient (Wildman–Crippen LogP) is 2.73. The first-order chi connectivity index (χ1) is 12.4. The summed E-state index contributed by atoms with van der Waals surface area (Å²) in [5.41, 5.74) is 2.66. The molecule has 8 nitrogen and oxygen atoms in total. The number of rotatable bonds is 5. The largest absolute Gasteiger partial charge is 0.357 e.